The number of benzene rings is 1. The van der Waals surface area contributed by atoms with Gasteiger partial charge in [0.2, 0.25) is 5.91 Å². The maximum atomic E-state index is 12.7. The summed E-state index contributed by atoms with van der Waals surface area (Å²) < 4.78 is 1.44. The molecule has 0 aliphatic carbocycles. The smallest absolute Gasteiger partial charge is 0.274 e. The summed E-state index contributed by atoms with van der Waals surface area (Å²) in [7, 11) is 1.67. The van der Waals surface area contributed by atoms with Crippen molar-refractivity contribution in [3.05, 3.63) is 39.5 Å². The fraction of sp³-hybridized carbons (Fsp3) is 0.312. The Hall–Kier alpha value is -2.25. The molecule has 1 saturated heterocycles. The number of nitrogens with zero attached hydrogens (tertiary/aromatic N) is 3. The van der Waals surface area contributed by atoms with Crippen LogP contribution in [0.4, 0.5) is 11.5 Å². The van der Waals surface area contributed by atoms with Crippen molar-refractivity contribution in [2.45, 2.75) is 11.8 Å². The van der Waals surface area contributed by atoms with Gasteiger partial charge in [0.25, 0.3) is 5.91 Å². The van der Waals surface area contributed by atoms with Crippen LogP contribution in [0, 0.1) is 0 Å². The first kappa shape index (κ1) is 16.2. The molecule has 2 aromatic rings. The summed E-state index contributed by atoms with van der Waals surface area (Å²) in [6, 6.07) is 4.90. The summed E-state index contributed by atoms with van der Waals surface area (Å²) in [6.07, 6.45) is 0.512. The van der Waals surface area contributed by atoms with Crippen LogP contribution in [0.3, 0.4) is 0 Å². The lowest BCUT2D eigenvalue weighted by Crippen LogP contribution is -2.39. The van der Waals surface area contributed by atoms with Crippen molar-refractivity contribution in [3.63, 3.8) is 0 Å². The third-order valence-electron chi connectivity index (χ3n) is 4.95. The number of halogens is 2. The molecular weight excluding hydrogens is 365 g/mol. The lowest BCUT2D eigenvalue weighted by Gasteiger charge is -2.22. The molecule has 7 nitrogen and oxygen atoms in total. The standard InChI is InChI=1S/C16H15Cl2N5O2/c1-22-13(19)6-12(21-22)14(24)23-3-2-16(7-23)8-4-9(17)10(18)5-11(8)20-15(16)25/h4-6H,2-3,7,19H2,1H3,(H,20,25)/t16-/m1/s1. The molecule has 2 amide bonds. The Morgan fingerprint density at radius 1 is 1.32 bits per heavy atom. The van der Waals surface area contributed by atoms with Gasteiger partial charge in [0, 0.05) is 31.9 Å². The number of likely N-dealkylation sites (tertiary alicyclic amines) is 1. The summed E-state index contributed by atoms with van der Waals surface area (Å²) in [5.74, 6) is 0.0183. The first-order chi connectivity index (χ1) is 11.8. The first-order valence-electron chi connectivity index (χ1n) is 7.71. The molecular formula is C16H15Cl2N5O2. The van der Waals surface area contributed by atoms with Crippen LogP contribution in [0.2, 0.25) is 10.0 Å². The third-order valence-corrected chi connectivity index (χ3v) is 5.67. The Kier molecular flexibility index (Phi) is 3.49. The molecule has 1 fully saturated rings. The van der Waals surface area contributed by atoms with E-state index in [1.807, 2.05) is 0 Å². The van der Waals surface area contributed by atoms with Gasteiger partial charge in [-0.1, -0.05) is 23.2 Å². The summed E-state index contributed by atoms with van der Waals surface area (Å²) in [5, 5.41) is 7.74. The van der Waals surface area contributed by atoms with Crippen LogP contribution in [0.25, 0.3) is 0 Å². The van der Waals surface area contributed by atoms with Crippen molar-refractivity contribution in [3.8, 4) is 0 Å². The maximum absolute atomic E-state index is 12.7. The summed E-state index contributed by atoms with van der Waals surface area (Å²) in [6.45, 7) is 0.710. The molecule has 4 rings (SSSR count). The number of amides is 2. The van der Waals surface area contributed by atoms with E-state index in [1.54, 1.807) is 24.1 Å². The van der Waals surface area contributed by atoms with E-state index in [4.69, 9.17) is 28.9 Å². The number of hydrogen-bond donors (Lipinski definition) is 2. The Balaban J connectivity index is 1.67. The van der Waals surface area contributed by atoms with Gasteiger partial charge in [-0.3, -0.25) is 14.3 Å². The van der Waals surface area contributed by atoms with E-state index in [0.717, 1.165) is 5.56 Å². The minimum atomic E-state index is -0.806. The highest BCUT2D eigenvalue weighted by Crippen LogP contribution is 2.46. The minimum Gasteiger partial charge on any atom is -0.384 e. The van der Waals surface area contributed by atoms with Crippen LogP contribution < -0.4 is 11.1 Å². The fourth-order valence-electron chi connectivity index (χ4n) is 3.55. The zero-order chi connectivity index (χ0) is 17.9. The van der Waals surface area contributed by atoms with E-state index in [1.165, 1.54) is 10.7 Å². The number of aryl methyl sites for hydroxylation is 1. The molecule has 2 aliphatic heterocycles. The quantitative estimate of drug-likeness (QED) is 0.792. The molecule has 3 heterocycles. The average Bonchev–Trinajstić information content (AvgIpc) is 3.21. The highest BCUT2D eigenvalue weighted by atomic mass is 35.5. The number of carbonyl (C=O) groups excluding carboxylic acids is 2. The van der Waals surface area contributed by atoms with Crippen molar-refractivity contribution >= 4 is 46.5 Å². The normalized spacial score (nSPS) is 21.7. The number of rotatable bonds is 1. The SMILES string of the molecule is Cn1nc(C(=O)N2CC[C@]3(C2)C(=O)Nc2cc(Cl)c(Cl)cc23)cc1N. The molecule has 0 bridgehead atoms. The molecule has 3 N–H and O–H groups in total. The molecule has 1 aromatic heterocycles. The topological polar surface area (TPSA) is 93.2 Å². The van der Waals surface area contributed by atoms with E-state index in [-0.39, 0.29) is 24.1 Å². The van der Waals surface area contributed by atoms with Crippen LogP contribution >= 0.6 is 23.2 Å². The third kappa shape index (κ3) is 2.30. The van der Waals surface area contributed by atoms with E-state index in [0.29, 0.717) is 34.5 Å². The fourth-order valence-corrected chi connectivity index (χ4v) is 3.87. The second kappa shape index (κ2) is 5.37. The minimum absolute atomic E-state index is 0.142. The Morgan fingerprint density at radius 2 is 2.04 bits per heavy atom. The van der Waals surface area contributed by atoms with Crippen molar-refractivity contribution in [1.82, 2.24) is 14.7 Å². The Morgan fingerprint density at radius 3 is 2.72 bits per heavy atom. The van der Waals surface area contributed by atoms with Crippen molar-refractivity contribution in [2.75, 3.05) is 24.1 Å². The van der Waals surface area contributed by atoms with Crippen LogP contribution in [-0.4, -0.2) is 39.6 Å². The second-order valence-electron chi connectivity index (χ2n) is 6.40. The van der Waals surface area contributed by atoms with Crippen LogP contribution in [0.1, 0.15) is 22.5 Å². The lowest BCUT2D eigenvalue weighted by atomic mass is 9.81. The van der Waals surface area contributed by atoms with Crippen molar-refractivity contribution < 1.29 is 9.59 Å². The highest BCUT2D eigenvalue weighted by molar-refractivity contribution is 6.42. The summed E-state index contributed by atoms with van der Waals surface area (Å²) >= 11 is 12.2. The number of anilines is 2. The van der Waals surface area contributed by atoms with Crippen molar-refractivity contribution in [1.29, 1.82) is 0 Å². The Bertz CT molecular complexity index is 906. The monoisotopic (exact) mass is 379 g/mol. The number of fused-ring (bicyclic) bond motifs is 2. The zero-order valence-corrected chi connectivity index (χ0v) is 14.9. The summed E-state index contributed by atoms with van der Waals surface area (Å²) in [5.41, 5.74) is 6.64. The molecule has 9 heteroatoms. The number of nitrogens with one attached hydrogen (secondary N) is 1. The molecule has 1 spiro atoms. The van der Waals surface area contributed by atoms with Gasteiger partial charge in [0.1, 0.15) is 5.82 Å². The summed E-state index contributed by atoms with van der Waals surface area (Å²) in [4.78, 5) is 27.0. The number of aromatic nitrogens is 2. The molecule has 130 valence electrons. The van der Waals surface area contributed by atoms with Gasteiger partial charge < -0.3 is 16.0 Å². The maximum Gasteiger partial charge on any atom is 0.274 e. The molecule has 1 aromatic carbocycles. The second-order valence-corrected chi connectivity index (χ2v) is 7.22. The molecule has 0 unspecified atom stereocenters. The average molecular weight is 380 g/mol. The number of hydrogen-bond acceptors (Lipinski definition) is 4. The van der Waals surface area contributed by atoms with Gasteiger partial charge >= 0.3 is 0 Å². The van der Waals surface area contributed by atoms with E-state index >= 15 is 0 Å². The molecule has 2 aliphatic rings. The molecule has 0 radical (unpaired) electrons. The zero-order valence-electron chi connectivity index (χ0n) is 13.3. The number of nitrogens with two attached hydrogens (primary N) is 1. The predicted octanol–water partition coefficient (Wildman–Crippen LogP) is 2.05. The highest BCUT2D eigenvalue weighted by Gasteiger charge is 2.52. The van der Waals surface area contributed by atoms with E-state index in [2.05, 4.69) is 10.4 Å². The predicted molar refractivity (Wildman–Crippen MR) is 94.9 cm³/mol. The van der Waals surface area contributed by atoms with Crippen LogP contribution in [-0.2, 0) is 17.3 Å². The van der Waals surface area contributed by atoms with Crippen LogP contribution in [0.5, 0.6) is 0 Å². The van der Waals surface area contributed by atoms with Gasteiger partial charge in [-0.15, -0.1) is 0 Å². The van der Waals surface area contributed by atoms with Gasteiger partial charge in [-0.25, -0.2) is 0 Å². The molecule has 1 atom stereocenters. The largest absolute Gasteiger partial charge is 0.384 e. The van der Waals surface area contributed by atoms with Gasteiger partial charge in [0.05, 0.1) is 15.5 Å². The van der Waals surface area contributed by atoms with Crippen LogP contribution in [0.15, 0.2) is 18.2 Å². The number of carbonyl (C=O) groups is 2. The molecule has 25 heavy (non-hydrogen) atoms. The van der Waals surface area contributed by atoms with Gasteiger partial charge in [-0.05, 0) is 24.1 Å². The van der Waals surface area contributed by atoms with E-state index < -0.39 is 5.41 Å². The lowest BCUT2D eigenvalue weighted by molar-refractivity contribution is -0.120. The first-order valence-corrected chi connectivity index (χ1v) is 8.47. The Labute approximate surface area is 153 Å². The molecule has 0 saturated carbocycles. The van der Waals surface area contributed by atoms with Crippen molar-refractivity contribution in [2.24, 2.45) is 7.05 Å². The van der Waals surface area contributed by atoms with E-state index in [9.17, 15) is 9.59 Å². The van der Waals surface area contributed by atoms with Gasteiger partial charge in [0.15, 0.2) is 5.69 Å². The number of nitrogen functional groups attached to an aromatic ring is 1. The van der Waals surface area contributed by atoms with Gasteiger partial charge in [-0.2, -0.15) is 5.10 Å².